The molecule has 1 aromatic heterocycles. The minimum absolute atomic E-state index is 0.242. The number of fused-ring (bicyclic) bond motifs is 1. The topological polar surface area (TPSA) is 70.1 Å². The van der Waals surface area contributed by atoms with Crippen LogP contribution in [-0.4, -0.2) is 22.3 Å². The molecule has 0 radical (unpaired) electrons. The summed E-state index contributed by atoms with van der Waals surface area (Å²) in [7, 11) is 0. The number of benzene rings is 1. The minimum atomic E-state index is -0.316. The van der Waals surface area contributed by atoms with Gasteiger partial charge < -0.3 is 0 Å². The van der Waals surface area contributed by atoms with Gasteiger partial charge in [-0.25, -0.2) is 5.43 Å². The van der Waals surface area contributed by atoms with Crippen LogP contribution in [0.25, 0.3) is 0 Å². The van der Waals surface area contributed by atoms with Gasteiger partial charge in [-0.1, -0.05) is 56.5 Å². The average Bonchev–Trinajstić information content (AvgIpc) is 3.06. The van der Waals surface area contributed by atoms with Crippen molar-refractivity contribution in [2.75, 3.05) is 0 Å². The zero-order chi connectivity index (χ0) is 19.6. The largest absolute Gasteiger partial charge is 0.292 e. The van der Waals surface area contributed by atoms with Gasteiger partial charge in [-0.3, -0.25) is 9.89 Å². The zero-order valence-electron chi connectivity index (χ0n) is 15.8. The van der Waals surface area contributed by atoms with Crippen molar-refractivity contribution < 1.29 is 4.79 Å². The molecule has 2 aromatic rings. The Morgan fingerprint density at radius 2 is 2.22 bits per heavy atom. The molecule has 1 aliphatic rings. The molecule has 0 saturated heterocycles. The second-order valence-electron chi connectivity index (χ2n) is 7.68. The Balaban J connectivity index is 1.72. The standard InChI is InChI=1S/C20H24Cl2N4O/c1-4-20(2,3)13-6-8-17-15(9-13)18(25-24-17)19(27)26-23-11-12-5-7-14(21)10-16(12)22/h5,7,10-11,13H,4,6,8-9H2,1-3H3,(H,24,25)(H,26,27)/b23-11+. The summed E-state index contributed by atoms with van der Waals surface area (Å²) >= 11 is 12.0. The van der Waals surface area contributed by atoms with Crippen LogP contribution in [0.3, 0.4) is 0 Å². The van der Waals surface area contributed by atoms with Crippen molar-refractivity contribution >= 4 is 35.3 Å². The molecule has 0 saturated carbocycles. The smallest absolute Gasteiger partial charge is 0.281 e. The van der Waals surface area contributed by atoms with Crippen LogP contribution >= 0.6 is 23.2 Å². The number of H-pyrrole nitrogens is 1. The van der Waals surface area contributed by atoms with Crippen LogP contribution < -0.4 is 5.43 Å². The van der Waals surface area contributed by atoms with E-state index in [1.807, 2.05) is 0 Å². The fraction of sp³-hybridized carbons (Fsp3) is 0.450. The highest BCUT2D eigenvalue weighted by atomic mass is 35.5. The molecule has 0 fully saturated rings. The molecular formula is C20H24Cl2N4O. The second kappa shape index (κ2) is 8.03. The molecule has 27 heavy (non-hydrogen) atoms. The van der Waals surface area contributed by atoms with Gasteiger partial charge in [0.05, 0.1) is 11.2 Å². The van der Waals surface area contributed by atoms with E-state index in [0.29, 0.717) is 27.2 Å². The summed E-state index contributed by atoms with van der Waals surface area (Å²) in [4.78, 5) is 12.6. The van der Waals surface area contributed by atoms with Crippen molar-refractivity contribution in [3.05, 3.63) is 50.8 Å². The first-order valence-corrected chi connectivity index (χ1v) is 9.92. The number of carbonyl (C=O) groups excluding carboxylic acids is 1. The molecule has 5 nitrogen and oxygen atoms in total. The van der Waals surface area contributed by atoms with E-state index in [1.165, 1.54) is 6.21 Å². The number of aromatic nitrogens is 2. The van der Waals surface area contributed by atoms with E-state index in [0.717, 1.165) is 36.9 Å². The first-order chi connectivity index (χ1) is 12.8. The van der Waals surface area contributed by atoms with Crippen molar-refractivity contribution in [1.82, 2.24) is 15.6 Å². The summed E-state index contributed by atoms with van der Waals surface area (Å²) in [6, 6.07) is 5.09. The number of hydrogen-bond acceptors (Lipinski definition) is 3. The second-order valence-corrected chi connectivity index (χ2v) is 8.52. The number of amides is 1. The van der Waals surface area contributed by atoms with Crippen molar-refractivity contribution in [1.29, 1.82) is 0 Å². The summed E-state index contributed by atoms with van der Waals surface area (Å²) < 4.78 is 0. The predicted molar refractivity (Wildman–Crippen MR) is 110 cm³/mol. The van der Waals surface area contributed by atoms with Crippen LogP contribution in [-0.2, 0) is 12.8 Å². The molecule has 1 aromatic carbocycles. The van der Waals surface area contributed by atoms with E-state index in [9.17, 15) is 4.79 Å². The normalized spacial score (nSPS) is 17.1. The third-order valence-corrected chi connectivity index (χ3v) is 6.27. The van der Waals surface area contributed by atoms with E-state index in [2.05, 4.69) is 41.5 Å². The van der Waals surface area contributed by atoms with Gasteiger partial charge in [0.1, 0.15) is 0 Å². The van der Waals surface area contributed by atoms with E-state index < -0.39 is 0 Å². The molecule has 2 N–H and O–H groups in total. The summed E-state index contributed by atoms with van der Waals surface area (Å²) in [6.45, 7) is 6.81. The first-order valence-electron chi connectivity index (χ1n) is 9.16. The monoisotopic (exact) mass is 406 g/mol. The highest BCUT2D eigenvalue weighted by Crippen LogP contribution is 2.40. The van der Waals surface area contributed by atoms with Crippen LogP contribution in [0.1, 0.15) is 60.9 Å². The van der Waals surface area contributed by atoms with Gasteiger partial charge in [-0.05, 0) is 42.7 Å². The van der Waals surface area contributed by atoms with Gasteiger partial charge in [-0.15, -0.1) is 0 Å². The first kappa shape index (κ1) is 19.9. The Morgan fingerprint density at radius 1 is 1.44 bits per heavy atom. The number of hydrogen-bond donors (Lipinski definition) is 2. The average molecular weight is 407 g/mol. The molecule has 1 atom stereocenters. The number of aromatic amines is 1. The van der Waals surface area contributed by atoms with Crippen molar-refractivity contribution in [2.45, 2.75) is 46.5 Å². The van der Waals surface area contributed by atoms with Crippen molar-refractivity contribution in [2.24, 2.45) is 16.4 Å². The number of hydrazone groups is 1. The number of aryl methyl sites for hydroxylation is 1. The van der Waals surface area contributed by atoms with E-state index in [4.69, 9.17) is 23.2 Å². The van der Waals surface area contributed by atoms with Gasteiger partial charge in [0.25, 0.3) is 5.91 Å². The van der Waals surface area contributed by atoms with Gasteiger partial charge in [0.2, 0.25) is 0 Å². The fourth-order valence-corrected chi connectivity index (χ4v) is 3.92. The molecule has 0 bridgehead atoms. The number of nitrogens with zero attached hydrogens (tertiary/aromatic N) is 2. The molecule has 0 spiro atoms. The zero-order valence-corrected chi connectivity index (χ0v) is 17.3. The third kappa shape index (κ3) is 4.36. The summed E-state index contributed by atoms with van der Waals surface area (Å²) in [6.07, 6.45) is 5.51. The lowest BCUT2D eigenvalue weighted by Crippen LogP contribution is -2.30. The van der Waals surface area contributed by atoms with Gasteiger partial charge in [-0.2, -0.15) is 10.2 Å². The maximum Gasteiger partial charge on any atom is 0.292 e. The summed E-state index contributed by atoms with van der Waals surface area (Å²) in [5, 5.41) is 12.3. The van der Waals surface area contributed by atoms with E-state index >= 15 is 0 Å². The van der Waals surface area contributed by atoms with E-state index in [-0.39, 0.29) is 11.3 Å². The number of carbonyl (C=O) groups is 1. The minimum Gasteiger partial charge on any atom is -0.281 e. The Labute approximate surface area is 169 Å². The molecular weight excluding hydrogens is 383 g/mol. The predicted octanol–water partition coefficient (Wildman–Crippen LogP) is 5.02. The lowest BCUT2D eigenvalue weighted by molar-refractivity contribution is 0.0947. The molecule has 1 unspecified atom stereocenters. The number of rotatable bonds is 5. The molecule has 7 heteroatoms. The molecule has 0 aliphatic heterocycles. The maximum absolute atomic E-state index is 12.6. The molecule has 1 aliphatic carbocycles. The highest BCUT2D eigenvalue weighted by Gasteiger charge is 2.34. The summed E-state index contributed by atoms with van der Waals surface area (Å²) in [5.74, 6) is 0.222. The van der Waals surface area contributed by atoms with Crippen LogP contribution in [0.2, 0.25) is 10.0 Å². The van der Waals surface area contributed by atoms with Gasteiger partial charge >= 0.3 is 0 Å². The maximum atomic E-state index is 12.6. The number of nitrogens with one attached hydrogen (secondary N) is 2. The van der Waals surface area contributed by atoms with Gasteiger partial charge in [0.15, 0.2) is 5.69 Å². The van der Waals surface area contributed by atoms with Crippen LogP contribution in [0.5, 0.6) is 0 Å². The molecule has 1 heterocycles. The number of halogens is 2. The summed E-state index contributed by atoms with van der Waals surface area (Å²) in [5.41, 5.74) is 5.98. The Hall–Kier alpha value is -1.85. The lowest BCUT2D eigenvalue weighted by Gasteiger charge is -2.36. The Morgan fingerprint density at radius 3 is 2.93 bits per heavy atom. The van der Waals surface area contributed by atoms with Crippen LogP contribution in [0.4, 0.5) is 0 Å². The highest BCUT2D eigenvalue weighted by molar-refractivity contribution is 6.36. The van der Waals surface area contributed by atoms with Crippen molar-refractivity contribution in [3.63, 3.8) is 0 Å². The SMILES string of the molecule is CCC(C)(C)C1CCc2[nH]nc(C(=O)N/N=C/c3ccc(Cl)cc3Cl)c2C1. The lowest BCUT2D eigenvalue weighted by atomic mass is 9.69. The quantitative estimate of drug-likeness (QED) is 0.540. The van der Waals surface area contributed by atoms with Crippen molar-refractivity contribution in [3.8, 4) is 0 Å². The van der Waals surface area contributed by atoms with Crippen LogP contribution in [0, 0.1) is 11.3 Å². The van der Waals surface area contributed by atoms with Crippen LogP contribution in [0.15, 0.2) is 23.3 Å². The molecule has 144 valence electrons. The molecule has 3 rings (SSSR count). The fourth-order valence-electron chi connectivity index (χ4n) is 3.46. The Kier molecular flexibility index (Phi) is 5.92. The van der Waals surface area contributed by atoms with Gasteiger partial charge in [0, 0.05) is 21.8 Å². The van der Waals surface area contributed by atoms with E-state index in [1.54, 1.807) is 18.2 Å². The Bertz CT molecular complexity index is 873. The molecule has 1 amide bonds. The third-order valence-electron chi connectivity index (χ3n) is 5.71.